The second-order valence-corrected chi connectivity index (χ2v) is 5.90. The summed E-state index contributed by atoms with van der Waals surface area (Å²) in [6.07, 6.45) is 5.25. The van der Waals surface area contributed by atoms with Gasteiger partial charge in [0.15, 0.2) is 0 Å². The zero-order chi connectivity index (χ0) is 13.6. The number of hydrogen-bond donors (Lipinski definition) is 0. The van der Waals surface area contributed by atoms with Gasteiger partial charge in [-0.3, -0.25) is 4.90 Å². The third-order valence-electron chi connectivity index (χ3n) is 4.44. The molecule has 2 aliphatic heterocycles. The van der Waals surface area contributed by atoms with E-state index >= 15 is 0 Å². The Kier molecular flexibility index (Phi) is 5.06. The molecule has 1 aromatic rings. The van der Waals surface area contributed by atoms with Crippen molar-refractivity contribution in [3.8, 4) is 0 Å². The highest BCUT2D eigenvalue weighted by molar-refractivity contribution is 5.13. The van der Waals surface area contributed by atoms with Crippen LogP contribution in [0.3, 0.4) is 0 Å². The number of likely N-dealkylation sites (tertiary alicyclic amines) is 1. The lowest BCUT2D eigenvalue weighted by atomic mass is 10.1. The summed E-state index contributed by atoms with van der Waals surface area (Å²) in [5, 5.41) is 0. The third kappa shape index (κ3) is 3.81. The lowest BCUT2D eigenvalue weighted by Gasteiger charge is -2.26. The second kappa shape index (κ2) is 7.21. The van der Waals surface area contributed by atoms with Crippen molar-refractivity contribution in [1.82, 2.24) is 4.90 Å². The van der Waals surface area contributed by atoms with Crippen LogP contribution in [-0.2, 0) is 16.1 Å². The molecule has 0 amide bonds. The minimum absolute atomic E-state index is 0.402. The second-order valence-electron chi connectivity index (χ2n) is 5.90. The van der Waals surface area contributed by atoms with Gasteiger partial charge < -0.3 is 9.47 Å². The van der Waals surface area contributed by atoms with Crippen LogP contribution in [0.4, 0.5) is 0 Å². The van der Waals surface area contributed by atoms with Crippen molar-refractivity contribution in [3.05, 3.63) is 35.9 Å². The van der Waals surface area contributed by atoms with Crippen molar-refractivity contribution in [3.63, 3.8) is 0 Å². The smallest absolute Gasteiger partial charge is 0.0721 e. The Morgan fingerprint density at radius 2 is 2.00 bits per heavy atom. The SMILES string of the molecule is c1ccc(CO[C@@H]2CCN(C3CCCOCC3)C2)cc1. The highest BCUT2D eigenvalue weighted by atomic mass is 16.5. The van der Waals surface area contributed by atoms with E-state index in [9.17, 15) is 0 Å². The molecular weight excluding hydrogens is 250 g/mol. The van der Waals surface area contributed by atoms with Gasteiger partial charge in [-0.25, -0.2) is 0 Å². The summed E-state index contributed by atoms with van der Waals surface area (Å²) in [5.41, 5.74) is 1.27. The van der Waals surface area contributed by atoms with Crippen molar-refractivity contribution in [2.45, 2.75) is 44.4 Å². The molecule has 110 valence electrons. The first-order valence-corrected chi connectivity index (χ1v) is 7.89. The number of hydrogen-bond acceptors (Lipinski definition) is 3. The van der Waals surface area contributed by atoms with Gasteiger partial charge in [0.25, 0.3) is 0 Å². The molecular formula is C17H25NO2. The van der Waals surface area contributed by atoms with E-state index in [2.05, 4.69) is 35.2 Å². The lowest BCUT2D eigenvalue weighted by Crippen LogP contribution is -2.34. The quantitative estimate of drug-likeness (QED) is 0.843. The fourth-order valence-electron chi connectivity index (χ4n) is 3.26. The minimum Gasteiger partial charge on any atom is -0.381 e. The Morgan fingerprint density at radius 1 is 1.10 bits per heavy atom. The predicted octanol–water partition coefficient (Wildman–Crippen LogP) is 2.85. The van der Waals surface area contributed by atoms with Crippen LogP contribution >= 0.6 is 0 Å². The van der Waals surface area contributed by atoms with E-state index in [1.165, 1.54) is 37.8 Å². The van der Waals surface area contributed by atoms with Crippen LogP contribution in [-0.4, -0.2) is 43.3 Å². The van der Waals surface area contributed by atoms with Crippen LogP contribution in [0, 0.1) is 0 Å². The average Bonchev–Trinajstić information content (AvgIpc) is 2.80. The molecule has 2 saturated heterocycles. The summed E-state index contributed by atoms with van der Waals surface area (Å²) in [4.78, 5) is 2.62. The molecule has 2 aliphatic rings. The molecule has 3 heteroatoms. The third-order valence-corrected chi connectivity index (χ3v) is 4.44. The summed E-state index contributed by atoms with van der Waals surface area (Å²) in [5.74, 6) is 0. The van der Waals surface area contributed by atoms with E-state index in [1.54, 1.807) is 0 Å². The maximum atomic E-state index is 6.07. The number of rotatable bonds is 4. The first-order valence-electron chi connectivity index (χ1n) is 7.89. The molecule has 0 aromatic heterocycles. The standard InChI is InChI=1S/C17H25NO2/c1-2-5-15(6-3-1)14-20-17-8-10-18(13-17)16-7-4-11-19-12-9-16/h1-3,5-6,16-17H,4,7-14H2/t16?,17-/m1/s1. The van der Waals surface area contributed by atoms with Crippen LogP contribution in [0.2, 0.25) is 0 Å². The molecule has 1 unspecified atom stereocenters. The van der Waals surface area contributed by atoms with Gasteiger partial charge in [-0.2, -0.15) is 0 Å². The van der Waals surface area contributed by atoms with Crippen molar-refractivity contribution >= 4 is 0 Å². The van der Waals surface area contributed by atoms with Gasteiger partial charge in [-0.05, 0) is 31.2 Å². The molecule has 2 heterocycles. The maximum absolute atomic E-state index is 6.07. The van der Waals surface area contributed by atoms with E-state index in [4.69, 9.17) is 9.47 Å². The molecule has 1 aromatic carbocycles. The predicted molar refractivity (Wildman–Crippen MR) is 79.7 cm³/mol. The van der Waals surface area contributed by atoms with Gasteiger partial charge in [-0.15, -0.1) is 0 Å². The Balaban J connectivity index is 1.44. The van der Waals surface area contributed by atoms with Gasteiger partial charge >= 0.3 is 0 Å². The topological polar surface area (TPSA) is 21.7 Å². The van der Waals surface area contributed by atoms with E-state index in [-0.39, 0.29) is 0 Å². The highest BCUT2D eigenvalue weighted by Crippen LogP contribution is 2.22. The molecule has 0 bridgehead atoms. The molecule has 3 rings (SSSR count). The fourth-order valence-corrected chi connectivity index (χ4v) is 3.26. The summed E-state index contributed by atoms with van der Waals surface area (Å²) in [6.45, 7) is 4.89. The van der Waals surface area contributed by atoms with Gasteiger partial charge in [0.1, 0.15) is 0 Å². The van der Waals surface area contributed by atoms with Gasteiger partial charge in [-0.1, -0.05) is 30.3 Å². The highest BCUT2D eigenvalue weighted by Gasteiger charge is 2.29. The normalized spacial score (nSPS) is 28.4. The molecule has 20 heavy (non-hydrogen) atoms. The van der Waals surface area contributed by atoms with Gasteiger partial charge in [0.2, 0.25) is 0 Å². The molecule has 0 spiro atoms. The number of ether oxygens (including phenoxy) is 2. The maximum Gasteiger partial charge on any atom is 0.0721 e. The van der Waals surface area contributed by atoms with Crippen LogP contribution in [0.15, 0.2) is 30.3 Å². The summed E-state index contributed by atoms with van der Waals surface area (Å²) in [7, 11) is 0. The molecule has 3 nitrogen and oxygen atoms in total. The lowest BCUT2D eigenvalue weighted by molar-refractivity contribution is 0.0419. The Morgan fingerprint density at radius 3 is 2.90 bits per heavy atom. The number of nitrogens with zero attached hydrogens (tertiary/aromatic N) is 1. The largest absolute Gasteiger partial charge is 0.381 e. The number of benzene rings is 1. The van der Waals surface area contributed by atoms with Crippen molar-refractivity contribution in [1.29, 1.82) is 0 Å². The van der Waals surface area contributed by atoms with Crippen LogP contribution in [0.5, 0.6) is 0 Å². The minimum atomic E-state index is 0.402. The van der Waals surface area contributed by atoms with E-state index < -0.39 is 0 Å². The van der Waals surface area contributed by atoms with E-state index in [0.29, 0.717) is 12.1 Å². The molecule has 2 fully saturated rings. The van der Waals surface area contributed by atoms with Gasteiger partial charge in [0, 0.05) is 32.3 Å². The average molecular weight is 275 g/mol. The first-order chi connectivity index (χ1) is 9.92. The van der Waals surface area contributed by atoms with Gasteiger partial charge in [0.05, 0.1) is 12.7 Å². The molecule has 0 N–H and O–H groups in total. The summed E-state index contributed by atoms with van der Waals surface area (Å²) >= 11 is 0. The zero-order valence-electron chi connectivity index (χ0n) is 12.2. The fraction of sp³-hybridized carbons (Fsp3) is 0.647. The van der Waals surface area contributed by atoms with E-state index in [1.807, 2.05) is 0 Å². The van der Waals surface area contributed by atoms with Crippen LogP contribution in [0.25, 0.3) is 0 Å². The molecule has 0 saturated carbocycles. The summed E-state index contributed by atoms with van der Waals surface area (Å²) in [6, 6.07) is 11.2. The zero-order valence-corrected chi connectivity index (χ0v) is 12.2. The molecule has 0 radical (unpaired) electrons. The van der Waals surface area contributed by atoms with E-state index in [0.717, 1.165) is 26.4 Å². The van der Waals surface area contributed by atoms with Crippen LogP contribution < -0.4 is 0 Å². The first kappa shape index (κ1) is 14.1. The Hall–Kier alpha value is -0.900. The van der Waals surface area contributed by atoms with Crippen LogP contribution in [0.1, 0.15) is 31.2 Å². The Bertz CT molecular complexity index is 387. The monoisotopic (exact) mass is 275 g/mol. The van der Waals surface area contributed by atoms with Crippen molar-refractivity contribution in [2.24, 2.45) is 0 Å². The van der Waals surface area contributed by atoms with Crippen molar-refractivity contribution in [2.75, 3.05) is 26.3 Å². The molecule has 2 atom stereocenters. The van der Waals surface area contributed by atoms with Crippen molar-refractivity contribution < 1.29 is 9.47 Å². The summed E-state index contributed by atoms with van der Waals surface area (Å²) < 4.78 is 11.6. The molecule has 0 aliphatic carbocycles. The Labute approximate surface area is 121 Å².